The van der Waals surface area contributed by atoms with E-state index in [4.69, 9.17) is 4.74 Å². The van der Waals surface area contributed by atoms with Crippen LogP contribution in [-0.2, 0) is 4.74 Å². The first-order valence-electron chi connectivity index (χ1n) is 5.96. The molecule has 0 saturated heterocycles. The van der Waals surface area contributed by atoms with Gasteiger partial charge >= 0.3 is 6.09 Å². The molecule has 0 spiro atoms. The number of hydrogen-bond donors (Lipinski definition) is 1. The number of nitrogens with zero attached hydrogens (tertiary/aromatic N) is 2. The van der Waals surface area contributed by atoms with Crippen LogP contribution in [0.4, 0.5) is 10.5 Å². The third kappa shape index (κ3) is 4.03. The zero-order valence-electron chi connectivity index (χ0n) is 10.8. The molecule has 0 aliphatic heterocycles. The van der Waals surface area contributed by atoms with Gasteiger partial charge in [-0.05, 0) is 35.1 Å². The normalized spacial score (nSPS) is 10.5. The van der Waals surface area contributed by atoms with E-state index in [1.807, 2.05) is 38.1 Å². The van der Waals surface area contributed by atoms with E-state index in [9.17, 15) is 4.79 Å². The molecule has 1 amide bonds. The molecule has 1 N–H and O–H groups in total. The number of carbonyl (C=O) groups is 1. The van der Waals surface area contributed by atoms with Gasteiger partial charge in [0.15, 0.2) is 0 Å². The molecule has 1 aromatic carbocycles. The van der Waals surface area contributed by atoms with Gasteiger partial charge in [0, 0.05) is 5.69 Å². The van der Waals surface area contributed by atoms with Crippen LogP contribution in [0, 0.1) is 5.92 Å². The molecule has 2 aromatic rings. The number of hydrogen-bond acceptors (Lipinski definition) is 5. The van der Waals surface area contributed by atoms with Crippen LogP contribution in [0.1, 0.15) is 13.8 Å². The fourth-order valence-corrected chi connectivity index (χ4v) is 1.93. The topological polar surface area (TPSA) is 64.1 Å². The van der Waals surface area contributed by atoms with Crippen molar-refractivity contribution in [3.05, 3.63) is 30.5 Å². The van der Waals surface area contributed by atoms with E-state index in [0.29, 0.717) is 18.2 Å². The van der Waals surface area contributed by atoms with Crippen molar-refractivity contribution in [2.75, 3.05) is 11.9 Å². The number of benzene rings is 1. The van der Waals surface area contributed by atoms with Crippen molar-refractivity contribution in [1.82, 2.24) is 9.59 Å². The number of ether oxygens (including phenoxy) is 1. The molecule has 0 saturated carbocycles. The van der Waals surface area contributed by atoms with E-state index in [2.05, 4.69) is 14.9 Å². The van der Waals surface area contributed by atoms with Crippen molar-refractivity contribution < 1.29 is 9.53 Å². The lowest BCUT2D eigenvalue weighted by Gasteiger charge is -2.08. The number of anilines is 1. The van der Waals surface area contributed by atoms with Crippen molar-refractivity contribution in [1.29, 1.82) is 0 Å². The third-order valence-corrected chi connectivity index (χ3v) is 3.04. The summed E-state index contributed by atoms with van der Waals surface area (Å²) < 4.78 is 8.85. The lowest BCUT2D eigenvalue weighted by atomic mass is 10.2. The fraction of sp³-hybridized carbons (Fsp3) is 0.308. The van der Waals surface area contributed by atoms with Crippen LogP contribution < -0.4 is 5.32 Å². The van der Waals surface area contributed by atoms with Crippen molar-refractivity contribution in [2.24, 2.45) is 5.92 Å². The summed E-state index contributed by atoms with van der Waals surface area (Å²) in [6.45, 7) is 4.40. The Hall–Kier alpha value is -1.95. The standard InChI is InChI=1S/C13H15N3O2S/c1-9(2)8-18-13(17)15-11-5-3-10(4-6-11)12-7-14-16-19-12/h3-7,9H,8H2,1-2H3,(H,15,17). The second kappa shape index (κ2) is 6.29. The predicted molar refractivity (Wildman–Crippen MR) is 75.2 cm³/mol. The minimum atomic E-state index is -0.430. The molecular weight excluding hydrogens is 262 g/mol. The second-order valence-electron chi connectivity index (χ2n) is 4.48. The molecule has 6 heteroatoms. The van der Waals surface area contributed by atoms with Crippen molar-refractivity contribution >= 4 is 23.3 Å². The maximum absolute atomic E-state index is 11.5. The fourth-order valence-electron chi connectivity index (χ4n) is 1.41. The largest absolute Gasteiger partial charge is 0.449 e. The summed E-state index contributed by atoms with van der Waals surface area (Å²) >= 11 is 1.33. The summed E-state index contributed by atoms with van der Waals surface area (Å²) in [6, 6.07) is 7.47. The third-order valence-electron chi connectivity index (χ3n) is 2.32. The average Bonchev–Trinajstić information content (AvgIpc) is 2.91. The number of aromatic nitrogens is 2. The summed E-state index contributed by atoms with van der Waals surface area (Å²) in [7, 11) is 0. The van der Waals surface area contributed by atoms with E-state index in [0.717, 1.165) is 10.4 Å². The molecular formula is C13H15N3O2S. The van der Waals surface area contributed by atoms with E-state index in [-0.39, 0.29) is 0 Å². The maximum Gasteiger partial charge on any atom is 0.411 e. The van der Waals surface area contributed by atoms with E-state index < -0.39 is 6.09 Å². The van der Waals surface area contributed by atoms with E-state index >= 15 is 0 Å². The van der Waals surface area contributed by atoms with Crippen molar-refractivity contribution in [2.45, 2.75) is 13.8 Å². The highest BCUT2D eigenvalue weighted by atomic mass is 32.1. The second-order valence-corrected chi connectivity index (χ2v) is 5.26. The minimum Gasteiger partial charge on any atom is -0.449 e. The monoisotopic (exact) mass is 277 g/mol. The van der Waals surface area contributed by atoms with E-state index in [1.54, 1.807) is 6.20 Å². The molecule has 0 unspecified atom stereocenters. The number of rotatable bonds is 4. The quantitative estimate of drug-likeness (QED) is 0.930. The van der Waals surface area contributed by atoms with Crippen LogP contribution >= 0.6 is 11.5 Å². The lowest BCUT2D eigenvalue weighted by molar-refractivity contribution is 0.147. The number of carbonyl (C=O) groups excluding carboxylic acids is 1. The van der Waals surface area contributed by atoms with Gasteiger partial charge in [-0.1, -0.05) is 30.5 Å². The average molecular weight is 277 g/mol. The highest BCUT2D eigenvalue weighted by Crippen LogP contribution is 2.23. The molecule has 0 aliphatic rings. The van der Waals surface area contributed by atoms with Gasteiger partial charge in [-0.3, -0.25) is 5.32 Å². The van der Waals surface area contributed by atoms with Crippen LogP contribution in [-0.4, -0.2) is 22.3 Å². The molecule has 100 valence electrons. The Morgan fingerprint density at radius 3 is 2.68 bits per heavy atom. The molecule has 0 aliphatic carbocycles. The highest BCUT2D eigenvalue weighted by molar-refractivity contribution is 7.09. The molecule has 1 heterocycles. The van der Waals surface area contributed by atoms with Gasteiger partial charge in [0.25, 0.3) is 0 Å². The highest BCUT2D eigenvalue weighted by Gasteiger charge is 2.05. The molecule has 0 radical (unpaired) electrons. The lowest BCUT2D eigenvalue weighted by Crippen LogP contribution is -2.16. The zero-order valence-corrected chi connectivity index (χ0v) is 11.6. The first-order valence-corrected chi connectivity index (χ1v) is 6.74. The van der Waals surface area contributed by atoms with Gasteiger partial charge < -0.3 is 4.74 Å². The Bertz CT molecular complexity index is 523. The maximum atomic E-state index is 11.5. The summed E-state index contributed by atoms with van der Waals surface area (Å²) in [5, 5.41) is 6.47. The first kappa shape index (κ1) is 13.5. The Balaban J connectivity index is 1.94. The van der Waals surface area contributed by atoms with Crippen LogP contribution in [0.5, 0.6) is 0 Å². The summed E-state index contributed by atoms with van der Waals surface area (Å²) in [4.78, 5) is 12.5. The Morgan fingerprint density at radius 1 is 1.37 bits per heavy atom. The van der Waals surface area contributed by atoms with Crippen LogP contribution in [0.25, 0.3) is 10.4 Å². The summed E-state index contributed by atoms with van der Waals surface area (Å²) in [5.41, 5.74) is 1.73. The molecule has 19 heavy (non-hydrogen) atoms. The minimum absolute atomic E-state index is 0.326. The predicted octanol–water partition coefficient (Wildman–Crippen LogP) is 3.41. The van der Waals surface area contributed by atoms with Gasteiger partial charge in [0.2, 0.25) is 0 Å². The van der Waals surface area contributed by atoms with Gasteiger partial charge in [-0.25, -0.2) is 4.79 Å². The number of amides is 1. The van der Waals surface area contributed by atoms with E-state index in [1.165, 1.54) is 11.5 Å². The number of nitrogens with one attached hydrogen (secondary N) is 1. The summed E-state index contributed by atoms with van der Waals surface area (Å²) in [5.74, 6) is 0.326. The Kier molecular flexibility index (Phi) is 4.46. The van der Waals surface area contributed by atoms with Crippen LogP contribution in [0.3, 0.4) is 0 Å². The Labute approximate surface area is 115 Å². The molecule has 5 nitrogen and oxygen atoms in total. The van der Waals surface area contributed by atoms with Gasteiger partial charge in [-0.2, -0.15) is 0 Å². The molecule has 1 aromatic heterocycles. The van der Waals surface area contributed by atoms with Crippen LogP contribution in [0.15, 0.2) is 30.5 Å². The SMILES string of the molecule is CC(C)COC(=O)Nc1ccc(-c2cnns2)cc1. The first-order chi connectivity index (χ1) is 9.15. The van der Waals surface area contributed by atoms with Gasteiger partial charge in [0.05, 0.1) is 17.7 Å². The van der Waals surface area contributed by atoms with Gasteiger partial charge in [-0.15, -0.1) is 5.10 Å². The smallest absolute Gasteiger partial charge is 0.411 e. The zero-order chi connectivity index (χ0) is 13.7. The molecule has 0 atom stereocenters. The Morgan fingerprint density at radius 2 is 2.11 bits per heavy atom. The van der Waals surface area contributed by atoms with Crippen LogP contribution in [0.2, 0.25) is 0 Å². The van der Waals surface area contributed by atoms with Crippen molar-refractivity contribution in [3.63, 3.8) is 0 Å². The molecule has 2 rings (SSSR count). The molecule has 0 fully saturated rings. The molecule has 0 bridgehead atoms. The van der Waals surface area contributed by atoms with Gasteiger partial charge in [0.1, 0.15) is 0 Å². The van der Waals surface area contributed by atoms with Crippen molar-refractivity contribution in [3.8, 4) is 10.4 Å². The summed E-state index contributed by atoms with van der Waals surface area (Å²) in [6.07, 6.45) is 1.28.